The summed E-state index contributed by atoms with van der Waals surface area (Å²) in [6.45, 7) is 15.8. The van der Waals surface area contributed by atoms with E-state index in [0.29, 0.717) is 24.2 Å². The molecule has 3 N–H and O–H groups in total. The number of benzene rings is 2. The maximum atomic E-state index is 13.8. The number of nitrogens with one attached hydrogen (secondary N) is 3. The predicted molar refractivity (Wildman–Crippen MR) is 186 cm³/mol. The van der Waals surface area contributed by atoms with Gasteiger partial charge < -0.3 is 25.4 Å². The van der Waals surface area contributed by atoms with E-state index in [9.17, 15) is 14.4 Å². The van der Waals surface area contributed by atoms with E-state index in [1.54, 1.807) is 7.05 Å². The fourth-order valence-electron chi connectivity index (χ4n) is 6.53. The highest BCUT2D eigenvalue weighted by Gasteiger charge is 2.49. The molecule has 2 aliphatic rings. The molecular formula is C37H45N7O3. The third-order valence-electron chi connectivity index (χ3n) is 9.55. The minimum atomic E-state index is -0.665. The summed E-state index contributed by atoms with van der Waals surface area (Å²) >= 11 is 0. The number of carbonyl (C=O) groups is 3. The molecule has 0 atom stereocenters. The van der Waals surface area contributed by atoms with Gasteiger partial charge in [-0.15, -0.1) is 0 Å². The Labute approximate surface area is 276 Å². The van der Waals surface area contributed by atoms with E-state index < -0.39 is 10.8 Å². The number of pyridine rings is 1. The highest BCUT2D eigenvalue weighted by Crippen LogP contribution is 2.47. The Morgan fingerprint density at radius 2 is 1.77 bits per heavy atom. The maximum Gasteiger partial charge on any atom is 0.251 e. The molecule has 1 aliphatic heterocycles. The standard InChI is InChI=1S/C37H45N7O3/c1-20(2)43-19-39-29-18-28(42-32(31(29)43)40-23-12-10-21(3)26(17-23)33(45)38-9)22-11-13-27-30(14-22)44(35(47)37(27,7)8)25-15-24(16-25)41-34(46)36(4,5)6/h10-14,17-20,24-25H,15-16H2,1-9H3,(H,38,45)(H,40,42)(H,41,46)/t24-,25+. The molecule has 2 aromatic heterocycles. The van der Waals surface area contributed by atoms with Gasteiger partial charge in [-0.05, 0) is 82.9 Å². The number of imidazole rings is 1. The molecule has 0 radical (unpaired) electrons. The fraction of sp³-hybridized carbons (Fsp3) is 0.432. The molecule has 246 valence electrons. The van der Waals surface area contributed by atoms with Crippen molar-refractivity contribution in [2.24, 2.45) is 5.41 Å². The van der Waals surface area contributed by atoms with Crippen molar-refractivity contribution in [3.8, 4) is 11.3 Å². The van der Waals surface area contributed by atoms with Crippen molar-refractivity contribution in [3.05, 3.63) is 65.5 Å². The third-order valence-corrected chi connectivity index (χ3v) is 9.55. The van der Waals surface area contributed by atoms with Crippen LogP contribution in [0.2, 0.25) is 0 Å². The van der Waals surface area contributed by atoms with Crippen LogP contribution in [0.3, 0.4) is 0 Å². The molecule has 10 nitrogen and oxygen atoms in total. The lowest BCUT2D eigenvalue weighted by Crippen LogP contribution is -2.57. The fourth-order valence-corrected chi connectivity index (χ4v) is 6.53. The molecule has 2 aromatic carbocycles. The molecule has 6 rings (SSSR count). The molecule has 1 fully saturated rings. The van der Waals surface area contributed by atoms with Gasteiger partial charge in [0, 0.05) is 53.1 Å². The van der Waals surface area contributed by atoms with E-state index >= 15 is 0 Å². The Morgan fingerprint density at radius 1 is 1.04 bits per heavy atom. The zero-order valence-electron chi connectivity index (χ0n) is 28.8. The number of aryl methyl sites for hydroxylation is 1. The average molecular weight is 636 g/mol. The minimum absolute atomic E-state index is 0.00834. The van der Waals surface area contributed by atoms with Crippen LogP contribution in [0.1, 0.15) is 88.8 Å². The monoisotopic (exact) mass is 635 g/mol. The summed E-state index contributed by atoms with van der Waals surface area (Å²) in [6, 6.07) is 14.0. The number of rotatable bonds is 7. The first kappa shape index (κ1) is 32.2. The van der Waals surface area contributed by atoms with Crippen LogP contribution in [0, 0.1) is 12.3 Å². The Hall–Kier alpha value is -4.73. The maximum absolute atomic E-state index is 13.8. The lowest BCUT2D eigenvalue weighted by Gasteiger charge is -2.43. The second-order valence-electron chi connectivity index (χ2n) is 14.8. The summed E-state index contributed by atoms with van der Waals surface area (Å²) in [4.78, 5) is 50.8. The topological polar surface area (TPSA) is 121 Å². The van der Waals surface area contributed by atoms with Gasteiger partial charge in [-0.3, -0.25) is 14.4 Å². The van der Waals surface area contributed by atoms with Crippen molar-refractivity contribution in [2.45, 2.75) is 91.8 Å². The van der Waals surface area contributed by atoms with Gasteiger partial charge in [-0.25, -0.2) is 9.97 Å². The molecule has 1 aliphatic carbocycles. The Morgan fingerprint density at radius 3 is 2.43 bits per heavy atom. The average Bonchev–Trinajstić information content (AvgIpc) is 3.51. The van der Waals surface area contributed by atoms with Crippen LogP contribution >= 0.6 is 0 Å². The molecule has 3 amide bonds. The largest absolute Gasteiger partial charge is 0.355 e. The molecule has 47 heavy (non-hydrogen) atoms. The molecule has 0 unspecified atom stereocenters. The van der Waals surface area contributed by atoms with E-state index in [2.05, 4.69) is 40.4 Å². The van der Waals surface area contributed by atoms with Gasteiger partial charge in [0.25, 0.3) is 5.91 Å². The Bertz CT molecular complexity index is 1910. The quantitative estimate of drug-likeness (QED) is 0.216. The van der Waals surface area contributed by atoms with Crippen LogP contribution in [0.4, 0.5) is 17.2 Å². The van der Waals surface area contributed by atoms with Gasteiger partial charge in [-0.2, -0.15) is 0 Å². The van der Waals surface area contributed by atoms with Gasteiger partial charge in [0.05, 0.1) is 23.0 Å². The van der Waals surface area contributed by atoms with Gasteiger partial charge >= 0.3 is 0 Å². The number of aromatic nitrogens is 3. The van der Waals surface area contributed by atoms with E-state index in [1.165, 1.54) is 0 Å². The van der Waals surface area contributed by atoms with Crippen LogP contribution < -0.4 is 20.9 Å². The number of nitrogens with zero attached hydrogens (tertiary/aromatic N) is 4. The summed E-state index contributed by atoms with van der Waals surface area (Å²) in [5.74, 6) is 0.571. The Kier molecular flexibility index (Phi) is 7.89. The molecule has 0 saturated heterocycles. The predicted octanol–water partition coefficient (Wildman–Crippen LogP) is 6.41. The van der Waals surface area contributed by atoms with Crippen molar-refractivity contribution in [2.75, 3.05) is 17.3 Å². The first-order valence-electron chi connectivity index (χ1n) is 16.4. The lowest BCUT2D eigenvalue weighted by atomic mass is 9.83. The number of hydrogen-bond donors (Lipinski definition) is 3. The van der Waals surface area contributed by atoms with Crippen molar-refractivity contribution in [1.82, 2.24) is 25.2 Å². The van der Waals surface area contributed by atoms with Crippen LogP contribution in [-0.4, -0.2) is 51.4 Å². The summed E-state index contributed by atoms with van der Waals surface area (Å²) in [5.41, 5.74) is 6.19. The van der Waals surface area contributed by atoms with Crippen molar-refractivity contribution in [1.29, 1.82) is 0 Å². The molecule has 0 bridgehead atoms. The van der Waals surface area contributed by atoms with Gasteiger partial charge in [0.15, 0.2) is 5.82 Å². The zero-order valence-corrected chi connectivity index (χ0v) is 28.8. The smallest absolute Gasteiger partial charge is 0.251 e. The molecule has 0 spiro atoms. The second-order valence-corrected chi connectivity index (χ2v) is 14.8. The molecule has 4 aromatic rings. The molecule has 3 heterocycles. The number of anilines is 3. The summed E-state index contributed by atoms with van der Waals surface area (Å²) < 4.78 is 2.08. The van der Waals surface area contributed by atoms with E-state index in [4.69, 9.17) is 9.97 Å². The Balaban J connectivity index is 1.38. The van der Waals surface area contributed by atoms with Crippen LogP contribution in [0.15, 0.2) is 48.8 Å². The molecule has 10 heteroatoms. The number of carbonyl (C=O) groups excluding carboxylic acids is 3. The third kappa shape index (κ3) is 5.64. The lowest BCUT2D eigenvalue weighted by molar-refractivity contribution is -0.129. The van der Waals surface area contributed by atoms with Crippen molar-refractivity contribution < 1.29 is 14.4 Å². The van der Waals surface area contributed by atoms with E-state index in [0.717, 1.165) is 44.8 Å². The SMILES string of the molecule is CNC(=O)c1cc(Nc2nc(-c3ccc4c(c3)N([C@H]3C[C@@H](NC(=O)C(C)(C)C)C3)C(=O)C4(C)C)cc3ncn(C(C)C)c23)ccc1C. The van der Waals surface area contributed by atoms with E-state index in [1.807, 2.05) is 89.2 Å². The molecule has 1 saturated carbocycles. The number of hydrogen-bond acceptors (Lipinski definition) is 6. The number of fused-ring (bicyclic) bond motifs is 2. The van der Waals surface area contributed by atoms with Gasteiger partial charge in [0.2, 0.25) is 11.8 Å². The second kappa shape index (κ2) is 11.5. The van der Waals surface area contributed by atoms with Gasteiger partial charge in [-0.1, -0.05) is 39.0 Å². The first-order chi connectivity index (χ1) is 22.1. The summed E-state index contributed by atoms with van der Waals surface area (Å²) in [7, 11) is 1.62. The van der Waals surface area contributed by atoms with Crippen LogP contribution in [0.25, 0.3) is 22.3 Å². The zero-order chi connectivity index (χ0) is 34.0. The van der Waals surface area contributed by atoms with Crippen molar-refractivity contribution in [3.63, 3.8) is 0 Å². The normalized spacial score (nSPS) is 18.7. The van der Waals surface area contributed by atoms with Gasteiger partial charge in [0.1, 0.15) is 5.52 Å². The van der Waals surface area contributed by atoms with Crippen LogP contribution in [-0.2, 0) is 15.0 Å². The first-order valence-corrected chi connectivity index (χ1v) is 16.4. The van der Waals surface area contributed by atoms with E-state index in [-0.39, 0.29) is 35.8 Å². The van der Waals surface area contributed by atoms with Crippen LogP contribution in [0.5, 0.6) is 0 Å². The molecular weight excluding hydrogens is 590 g/mol. The number of amides is 3. The van der Waals surface area contributed by atoms with Crippen molar-refractivity contribution >= 4 is 45.9 Å². The summed E-state index contributed by atoms with van der Waals surface area (Å²) in [5, 5.41) is 9.35. The summed E-state index contributed by atoms with van der Waals surface area (Å²) in [6.07, 6.45) is 3.26. The highest BCUT2D eigenvalue weighted by atomic mass is 16.2. The highest BCUT2D eigenvalue weighted by molar-refractivity contribution is 6.09. The minimum Gasteiger partial charge on any atom is -0.355 e.